The molecule has 34 heavy (non-hydrogen) atoms. The van der Waals surface area contributed by atoms with E-state index in [-0.39, 0.29) is 36.6 Å². The molecule has 10 heteroatoms. The molecule has 8 nitrogen and oxygen atoms in total. The van der Waals surface area contributed by atoms with Crippen LogP contribution in [0.1, 0.15) is 78.2 Å². The van der Waals surface area contributed by atoms with Crippen molar-refractivity contribution < 1.29 is 18.6 Å². The minimum Gasteiger partial charge on any atom is -0.399 e. The van der Waals surface area contributed by atoms with Crippen molar-refractivity contribution in [3.63, 3.8) is 0 Å². The largest absolute Gasteiger partial charge is 0.498 e. The van der Waals surface area contributed by atoms with Crippen molar-refractivity contribution >= 4 is 25.2 Å². The molecule has 0 aliphatic carbocycles. The van der Waals surface area contributed by atoms with Crippen LogP contribution < -0.4 is 10.9 Å². The van der Waals surface area contributed by atoms with Crippen LogP contribution in [-0.2, 0) is 18.6 Å². The fourth-order valence-corrected chi connectivity index (χ4v) is 3.81. The van der Waals surface area contributed by atoms with Crippen molar-refractivity contribution in [2.24, 2.45) is 0 Å². The molecule has 0 radical (unpaired) electrons. The number of hydrogen-bond donors (Lipinski definition) is 0. The standard InChI is InChI=1S/2C12H19BN2O2/c2*1-8-10(9(2)15-7-14-8)13-16-11(3,4)12(5,6)17-13/h2*7H,1-6H3. The lowest BCUT2D eigenvalue weighted by Gasteiger charge is -2.32. The third-order valence-electron chi connectivity index (χ3n) is 7.54. The van der Waals surface area contributed by atoms with Crippen molar-refractivity contribution in [2.45, 2.75) is 105 Å². The Morgan fingerprint density at radius 2 is 0.676 bits per heavy atom. The highest BCUT2D eigenvalue weighted by Crippen LogP contribution is 2.37. The third kappa shape index (κ3) is 4.91. The van der Waals surface area contributed by atoms with Crippen molar-refractivity contribution in [1.82, 2.24) is 19.9 Å². The van der Waals surface area contributed by atoms with E-state index >= 15 is 0 Å². The van der Waals surface area contributed by atoms with Gasteiger partial charge in [-0.3, -0.25) is 0 Å². The predicted molar refractivity (Wildman–Crippen MR) is 134 cm³/mol. The van der Waals surface area contributed by atoms with Crippen LogP contribution in [0.5, 0.6) is 0 Å². The Morgan fingerprint density at radius 3 is 0.882 bits per heavy atom. The molecule has 0 spiro atoms. The van der Waals surface area contributed by atoms with Crippen LogP contribution in [0.15, 0.2) is 12.7 Å². The van der Waals surface area contributed by atoms with E-state index in [0.29, 0.717) is 0 Å². The van der Waals surface area contributed by atoms with Gasteiger partial charge >= 0.3 is 14.2 Å². The highest BCUT2D eigenvalue weighted by molar-refractivity contribution is 6.63. The van der Waals surface area contributed by atoms with Gasteiger partial charge in [0.05, 0.1) is 22.4 Å². The van der Waals surface area contributed by atoms with Crippen LogP contribution in [0, 0.1) is 27.7 Å². The maximum atomic E-state index is 6.01. The normalized spacial score (nSPS) is 21.9. The average Bonchev–Trinajstić information content (AvgIpc) is 3.01. The van der Waals surface area contributed by atoms with Gasteiger partial charge in [-0.15, -0.1) is 0 Å². The molecule has 4 rings (SSSR count). The quantitative estimate of drug-likeness (QED) is 0.622. The number of nitrogens with zero attached hydrogens (tertiary/aromatic N) is 4. The minimum atomic E-state index is -0.374. The van der Waals surface area contributed by atoms with Crippen LogP contribution in [0.3, 0.4) is 0 Å². The summed E-state index contributed by atoms with van der Waals surface area (Å²) in [6.07, 6.45) is 3.14. The summed E-state index contributed by atoms with van der Waals surface area (Å²) in [6.45, 7) is 24.2. The smallest absolute Gasteiger partial charge is 0.399 e. The Labute approximate surface area is 204 Å². The van der Waals surface area contributed by atoms with E-state index in [0.717, 1.165) is 33.7 Å². The first-order valence-electron chi connectivity index (χ1n) is 11.8. The number of rotatable bonds is 2. The molecule has 2 saturated heterocycles. The first-order valence-corrected chi connectivity index (χ1v) is 11.8. The molecule has 2 aliphatic heterocycles. The van der Waals surface area contributed by atoms with Gasteiger partial charge in [-0.25, -0.2) is 19.9 Å². The molecule has 0 atom stereocenters. The van der Waals surface area contributed by atoms with Crippen LogP contribution in [0.25, 0.3) is 0 Å². The summed E-state index contributed by atoms with van der Waals surface area (Å²) >= 11 is 0. The molecule has 2 fully saturated rings. The first-order chi connectivity index (χ1) is 15.5. The van der Waals surface area contributed by atoms with Crippen molar-refractivity contribution in [1.29, 1.82) is 0 Å². The van der Waals surface area contributed by atoms with E-state index in [9.17, 15) is 0 Å². The summed E-state index contributed by atoms with van der Waals surface area (Å²) in [4.78, 5) is 16.8. The van der Waals surface area contributed by atoms with Crippen LogP contribution in [0.4, 0.5) is 0 Å². The zero-order valence-corrected chi connectivity index (χ0v) is 22.7. The SMILES string of the molecule is Cc1ncnc(C)c1B1OC(C)(C)C(C)(C)O1.Cc1ncnc(C)c1B1OC(C)(C)C(C)(C)O1. The van der Waals surface area contributed by atoms with Crippen LogP contribution >= 0.6 is 0 Å². The summed E-state index contributed by atoms with van der Waals surface area (Å²) in [7, 11) is -0.748. The molecule has 0 unspecified atom stereocenters. The van der Waals surface area contributed by atoms with Crippen molar-refractivity contribution in [3.05, 3.63) is 35.4 Å². The van der Waals surface area contributed by atoms with E-state index in [1.54, 1.807) is 12.7 Å². The lowest BCUT2D eigenvalue weighted by Crippen LogP contribution is -2.41. The lowest BCUT2D eigenvalue weighted by atomic mass is 9.77. The molecule has 0 bridgehead atoms. The second kappa shape index (κ2) is 8.97. The molecular weight excluding hydrogens is 430 g/mol. The van der Waals surface area contributed by atoms with E-state index in [4.69, 9.17) is 18.6 Å². The minimum absolute atomic E-state index is 0.327. The number of hydrogen-bond acceptors (Lipinski definition) is 8. The van der Waals surface area contributed by atoms with E-state index < -0.39 is 0 Å². The molecule has 0 aromatic carbocycles. The van der Waals surface area contributed by atoms with Gasteiger partial charge in [-0.2, -0.15) is 0 Å². The highest BCUT2D eigenvalue weighted by Gasteiger charge is 2.53. The second-order valence-corrected chi connectivity index (χ2v) is 11.1. The zero-order valence-electron chi connectivity index (χ0n) is 22.7. The molecule has 184 valence electrons. The highest BCUT2D eigenvalue weighted by atomic mass is 16.7. The molecule has 2 aromatic rings. The Hall–Kier alpha value is -1.87. The van der Waals surface area contributed by atoms with Crippen LogP contribution in [-0.4, -0.2) is 56.6 Å². The third-order valence-corrected chi connectivity index (χ3v) is 7.54. The average molecular weight is 468 g/mol. The summed E-state index contributed by atoms with van der Waals surface area (Å²) in [6, 6.07) is 0. The van der Waals surface area contributed by atoms with Gasteiger partial charge in [0.15, 0.2) is 0 Å². The topological polar surface area (TPSA) is 88.5 Å². The van der Waals surface area contributed by atoms with Gasteiger partial charge in [0.25, 0.3) is 0 Å². The summed E-state index contributed by atoms with van der Waals surface area (Å²) in [5.74, 6) is 0. The summed E-state index contributed by atoms with van der Waals surface area (Å²) in [5, 5.41) is 0. The fourth-order valence-electron chi connectivity index (χ4n) is 3.81. The van der Waals surface area contributed by atoms with Crippen LogP contribution in [0.2, 0.25) is 0 Å². The number of aryl methyl sites for hydroxylation is 4. The Morgan fingerprint density at radius 1 is 0.471 bits per heavy atom. The zero-order chi connectivity index (χ0) is 25.7. The molecule has 0 N–H and O–H groups in total. The molecule has 0 saturated carbocycles. The van der Waals surface area contributed by atoms with Crippen molar-refractivity contribution in [3.8, 4) is 0 Å². The molecule has 4 heterocycles. The maximum Gasteiger partial charge on any atom is 0.498 e. The summed E-state index contributed by atoms with van der Waals surface area (Å²) in [5.41, 5.74) is 4.24. The molecule has 0 amide bonds. The van der Waals surface area contributed by atoms with Crippen molar-refractivity contribution in [2.75, 3.05) is 0 Å². The van der Waals surface area contributed by atoms with E-state index in [1.807, 2.05) is 83.1 Å². The van der Waals surface area contributed by atoms with Gasteiger partial charge in [-0.05, 0) is 83.1 Å². The van der Waals surface area contributed by atoms with E-state index in [2.05, 4.69) is 19.9 Å². The fraction of sp³-hybridized carbons (Fsp3) is 0.667. The van der Waals surface area contributed by atoms with Gasteiger partial charge in [0.1, 0.15) is 12.7 Å². The molecular formula is C24H38B2N4O4. The predicted octanol–water partition coefficient (Wildman–Crippen LogP) is 2.79. The molecule has 2 aromatic heterocycles. The monoisotopic (exact) mass is 468 g/mol. The Kier molecular flexibility index (Phi) is 7.05. The van der Waals surface area contributed by atoms with Gasteiger partial charge in [-0.1, -0.05) is 0 Å². The first kappa shape index (κ1) is 26.7. The molecule has 2 aliphatic rings. The van der Waals surface area contributed by atoms with E-state index in [1.165, 1.54) is 0 Å². The Bertz CT molecular complexity index is 903. The van der Waals surface area contributed by atoms with Gasteiger partial charge in [0, 0.05) is 33.7 Å². The maximum absolute atomic E-state index is 6.01. The summed E-state index contributed by atoms with van der Waals surface area (Å²) < 4.78 is 24.0. The Balaban J connectivity index is 0.000000191. The lowest BCUT2D eigenvalue weighted by molar-refractivity contribution is 0.00578. The van der Waals surface area contributed by atoms with Gasteiger partial charge in [0.2, 0.25) is 0 Å². The number of aromatic nitrogens is 4. The second-order valence-electron chi connectivity index (χ2n) is 11.1. The van der Waals surface area contributed by atoms with Gasteiger partial charge < -0.3 is 18.6 Å².